The number of carbonyl (C=O) groups is 1. The molecule has 0 radical (unpaired) electrons. The highest BCUT2D eigenvalue weighted by Gasteiger charge is 2.20. The molecule has 2 aromatic carbocycles. The lowest BCUT2D eigenvalue weighted by molar-refractivity contribution is -0.118. The Kier molecular flexibility index (Phi) is 3.50. The van der Waals surface area contributed by atoms with Crippen molar-refractivity contribution in [2.45, 2.75) is 6.42 Å². The van der Waals surface area contributed by atoms with E-state index in [-0.39, 0.29) is 18.1 Å². The van der Waals surface area contributed by atoms with E-state index in [0.717, 1.165) is 16.5 Å². The molecule has 0 fully saturated rings. The Labute approximate surface area is 142 Å². The van der Waals surface area contributed by atoms with E-state index < -0.39 is 0 Å². The number of halogens is 1. The van der Waals surface area contributed by atoms with Crippen molar-refractivity contribution >= 4 is 34.1 Å². The minimum atomic E-state index is -0.223. The summed E-state index contributed by atoms with van der Waals surface area (Å²) in [6, 6.07) is 13.0. The van der Waals surface area contributed by atoms with E-state index >= 15 is 0 Å². The molecule has 2 heterocycles. The summed E-state index contributed by atoms with van der Waals surface area (Å²) in [6.45, 7) is -0.0452. The number of rotatable bonds is 2. The van der Waals surface area contributed by atoms with Crippen molar-refractivity contribution in [2.24, 2.45) is 0 Å². The average molecular weight is 341 g/mol. The maximum atomic E-state index is 12.3. The molecular formula is C18H13ClN2O3. The number of hydrogen-bond donors (Lipinski definition) is 2. The first-order chi connectivity index (χ1) is 11.6. The molecule has 2 N–H and O–H groups in total. The van der Waals surface area contributed by atoms with Crippen LogP contribution in [0, 0.1) is 0 Å². The van der Waals surface area contributed by atoms with Gasteiger partial charge in [-0.1, -0.05) is 29.8 Å². The third-order valence-electron chi connectivity index (χ3n) is 3.95. The predicted molar refractivity (Wildman–Crippen MR) is 93.0 cm³/mol. The van der Waals surface area contributed by atoms with Crippen LogP contribution in [0.25, 0.3) is 10.9 Å². The molecule has 6 heteroatoms. The highest BCUT2D eigenvalue weighted by molar-refractivity contribution is 6.33. The van der Waals surface area contributed by atoms with Crippen molar-refractivity contribution in [2.75, 3.05) is 11.9 Å². The Morgan fingerprint density at radius 2 is 1.96 bits per heavy atom. The lowest BCUT2D eigenvalue weighted by Gasteiger charge is -2.20. The molecule has 0 bridgehead atoms. The Balaban J connectivity index is 1.74. The molecule has 4 rings (SSSR count). The number of carbonyl (C=O) groups excluding carboxylic acids is 1. The molecular weight excluding hydrogens is 328 g/mol. The molecule has 24 heavy (non-hydrogen) atoms. The molecule has 5 nitrogen and oxygen atoms in total. The number of aromatic nitrogens is 1. The van der Waals surface area contributed by atoms with E-state index in [1.165, 1.54) is 0 Å². The molecule has 3 aromatic rings. The number of amides is 1. The summed E-state index contributed by atoms with van der Waals surface area (Å²) >= 11 is 6.23. The second-order valence-electron chi connectivity index (χ2n) is 5.68. The summed E-state index contributed by atoms with van der Waals surface area (Å²) < 4.78 is 5.34. The fourth-order valence-corrected chi connectivity index (χ4v) is 3.16. The molecule has 1 aliphatic rings. The van der Waals surface area contributed by atoms with Crippen LogP contribution in [-0.2, 0) is 11.2 Å². The number of benzene rings is 2. The van der Waals surface area contributed by atoms with Gasteiger partial charge < -0.3 is 15.0 Å². The van der Waals surface area contributed by atoms with Crippen LogP contribution in [0.4, 0.5) is 5.69 Å². The highest BCUT2D eigenvalue weighted by atomic mass is 35.5. The number of aromatic amines is 1. The van der Waals surface area contributed by atoms with Crippen LogP contribution in [0.1, 0.15) is 11.1 Å². The summed E-state index contributed by atoms with van der Waals surface area (Å²) in [4.78, 5) is 26.6. The number of anilines is 1. The fraction of sp³-hybridized carbons (Fsp3) is 0.111. The van der Waals surface area contributed by atoms with E-state index in [0.29, 0.717) is 28.4 Å². The van der Waals surface area contributed by atoms with Gasteiger partial charge in [0, 0.05) is 17.5 Å². The molecule has 1 amide bonds. The third kappa shape index (κ3) is 2.63. The lowest BCUT2D eigenvalue weighted by atomic mass is 10.0. The first-order valence-corrected chi connectivity index (χ1v) is 7.84. The van der Waals surface area contributed by atoms with Crippen molar-refractivity contribution in [1.82, 2.24) is 4.98 Å². The number of para-hydroxylation sites is 1. The lowest BCUT2D eigenvalue weighted by Crippen LogP contribution is -2.25. The van der Waals surface area contributed by atoms with Gasteiger partial charge in [0.2, 0.25) is 0 Å². The minimum absolute atomic E-state index is 0.0452. The summed E-state index contributed by atoms with van der Waals surface area (Å²) in [7, 11) is 0. The fourth-order valence-electron chi connectivity index (χ4n) is 2.86. The molecule has 0 aliphatic carbocycles. The third-order valence-corrected chi connectivity index (χ3v) is 4.23. The maximum Gasteiger partial charge on any atom is 0.262 e. The minimum Gasteiger partial charge on any atom is -0.480 e. The number of hydrogen-bond acceptors (Lipinski definition) is 3. The van der Waals surface area contributed by atoms with E-state index in [2.05, 4.69) is 10.3 Å². The number of fused-ring (bicyclic) bond motifs is 2. The van der Waals surface area contributed by atoms with Crippen molar-refractivity contribution in [3.8, 4) is 5.75 Å². The second kappa shape index (κ2) is 5.69. The topological polar surface area (TPSA) is 71.2 Å². The van der Waals surface area contributed by atoms with E-state index in [1.54, 1.807) is 12.1 Å². The average Bonchev–Trinajstić information content (AvgIpc) is 2.55. The van der Waals surface area contributed by atoms with E-state index in [9.17, 15) is 9.59 Å². The van der Waals surface area contributed by atoms with Crippen molar-refractivity contribution in [3.63, 3.8) is 0 Å². The highest BCUT2D eigenvalue weighted by Crippen LogP contribution is 2.37. The van der Waals surface area contributed by atoms with Crippen LogP contribution in [0.3, 0.4) is 0 Å². The number of H-pyrrole nitrogens is 1. The van der Waals surface area contributed by atoms with Gasteiger partial charge in [-0.15, -0.1) is 0 Å². The molecule has 0 saturated carbocycles. The molecule has 1 aromatic heterocycles. The van der Waals surface area contributed by atoms with Gasteiger partial charge in [0.05, 0.1) is 10.7 Å². The quantitative estimate of drug-likeness (QED) is 0.753. The van der Waals surface area contributed by atoms with Gasteiger partial charge in [0.1, 0.15) is 0 Å². The first-order valence-electron chi connectivity index (χ1n) is 7.46. The zero-order chi connectivity index (χ0) is 16.7. The van der Waals surface area contributed by atoms with Crippen LogP contribution < -0.4 is 15.6 Å². The van der Waals surface area contributed by atoms with E-state index in [1.807, 2.05) is 30.3 Å². The van der Waals surface area contributed by atoms with Gasteiger partial charge in [0.15, 0.2) is 12.4 Å². The Hall–Kier alpha value is -2.79. The van der Waals surface area contributed by atoms with Gasteiger partial charge in [-0.2, -0.15) is 0 Å². The van der Waals surface area contributed by atoms with Gasteiger partial charge in [0.25, 0.3) is 11.5 Å². The van der Waals surface area contributed by atoms with Crippen LogP contribution in [0.2, 0.25) is 5.02 Å². The van der Waals surface area contributed by atoms with Crippen molar-refractivity contribution in [1.29, 1.82) is 0 Å². The molecule has 120 valence electrons. The summed E-state index contributed by atoms with van der Waals surface area (Å²) in [5.74, 6) is 0.242. The molecule has 0 atom stereocenters. The Morgan fingerprint density at radius 1 is 1.12 bits per heavy atom. The van der Waals surface area contributed by atoms with Crippen molar-refractivity contribution in [3.05, 3.63) is 69.0 Å². The Bertz CT molecular complexity index is 1030. The number of nitrogens with one attached hydrogen (secondary N) is 2. The van der Waals surface area contributed by atoms with Gasteiger partial charge in [-0.3, -0.25) is 9.59 Å². The summed E-state index contributed by atoms with van der Waals surface area (Å²) in [5, 5.41) is 4.12. The summed E-state index contributed by atoms with van der Waals surface area (Å²) in [6.07, 6.45) is 0.406. The monoisotopic (exact) mass is 340 g/mol. The number of ether oxygens (including phenoxy) is 1. The summed E-state index contributed by atoms with van der Waals surface area (Å²) in [5.41, 5.74) is 2.65. The normalized spacial score (nSPS) is 13.3. The largest absolute Gasteiger partial charge is 0.480 e. The Morgan fingerprint density at radius 3 is 2.83 bits per heavy atom. The van der Waals surface area contributed by atoms with Crippen LogP contribution in [0.15, 0.2) is 47.3 Å². The predicted octanol–water partition coefficient (Wildman–Crippen LogP) is 3.10. The second-order valence-corrected chi connectivity index (χ2v) is 6.09. The van der Waals surface area contributed by atoms with Crippen molar-refractivity contribution < 1.29 is 9.53 Å². The maximum absolute atomic E-state index is 12.3. The van der Waals surface area contributed by atoms with Crippen LogP contribution in [-0.4, -0.2) is 17.5 Å². The smallest absolute Gasteiger partial charge is 0.262 e. The molecule has 0 saturated heterocycles. The van der Waals surface area contributed by atoms with Gasteiger partial charge in [-0.05, 0) is 35.2 Å². The molecule has 0 spiro atoms. The van der Waals surface area contributed by atoms with Gasteiger partial charge in [-0.25, -0.2) is 0 Å². The zero-order valence-corrected chi connectivity index (χ0v) is 13.3. The first kappa shape index (κ1) is 14.8. The molecule has 0 unspecified atom stereocenters. The molecule has 1 aliphatic heterocycles. The standard InChI is InChI=1S/C18H13ClN2O3/c19-13-6-10(7-15-17(13)24-9-16(22)20-15)5-12-8-11-3-1-2-4-14(11)21-18(12)23/h1-4,6-8H,5,9H2,(H,20,22)(H,21,23). The number of pyridine rings is 1. The zero-order valence-electron chi connectivity index (χ0n) is 12.6. The van der Waals surface area contributed by atoms with Gasteiger partial charge >= 0.3 is 0 Å². The SMILES string of the molecule is O=C1COc2c(Cl)cc(Cc3cc4ccccc4[nH]c3=O)cc2N1. The van der Waals surface area contributed by atoms with Crippen LogP contribution >= 0.6 is 11.6 Å². The van der Waals surface area contributed by atoms with Crippen LogP contribution in [0.5, 0.6) is 5.75 Å². The van der Waals surface area contributed by atoms with E-state index in [4.69, 9.17) is 16.3 Å².